The fraction of sp³-hybridized carbons (Fsp3) is 0.591. The van der Waals surface area contributed by atoms with E-state index in [1.165, 1.54) is 43.5 Å². The number of likely N-dealkylation sites (tertiary alicyclic amines) is 1. The Balaban J connectivity index is 1.43. The van der Waals surface area contributed by atoms with Gasteiger partial charge in [-0.05, 0) is 55.8 Å². The molecule has 1 aromatic carbocycles. The number of piperidine rings is 1. The number of hydrogen-bond donors (Lipinski definition) is 0. The molecule has 2 aliphatic rings. The van der Waals surface area contributed by atoms with E-state index in [4.69, 9.17) is 14.5 Å². The third kappa shape index (κ3) is 4.29. The van der Waals surface area contributed by atoms with Crippen LogP contribution in [0.1, 0.15) is 49.4 Å². The van der Waals surface area contributed by atoms with Gasteiger partial charge in [0.2, 0.25) is 0 Å². The van der Waals surface area contributed by atoms with E-state index in [0.717, 1.165) is 43.6 Å². The van der Waals surface area contributed by atoms with Gasteiger partial charge in [-0.3, -0.25) is 4.90 Å². The molecule has 0 radical (unpaired) electrons. The number of hydrogen-bond acceptors (Lipinski definition) is 4. The van der Waals surface area contributed by atoms with Crippen molar-refractivity contribution in [2.45, 2.75) is 51.1 Å². The second-order valence-corrected chi connectivity index (χ2v) is 8.03. The topological polar surface area (TPSA) is 39.5 Å². The van der Waals surface area contributed by atoms with Gasteiger partial charge in [0.15, 0.2) is 0 Å². The number of nitrogens with zero attached hydrogens (tertiary/aromatic N) is 3. The minimum atomic E-state index is 0.529. The number of methoxy groups -OCH3 is 2. The minimum absolute atomic E-state index is 0.529. The summed E-state index contributed by atoms with van der Waals surface area (Å²) in [5.41, 5.74) is 1.24. The summed E-state index contributed by atoms with van der Waals surface area (Å²) in [7, 11) is 3.41. The highest BCUT2D eigenvalue weighted by Crippen LogP contribution is 2.32. The van der Waals surface area contributed by atoms with Crippen LogP contribution < -0.4 is 9.47 Å². The van der Waals surface area contributed by atoms with Crippen LogP contribution in [0.15, 0.2) is 30.6 Å². The molecule has 0 spiro atoms. The zero-order valence-corrected chi connectivity index (χ0v) is 16.6. The highest BCUT2D eigenvalue weighted by molar-refractivity contribution is 5.38. The van der Waals surface area contributed by atoms with Crippen molar-refractivity contribution >= 4 is 0 Å². The van der Waals surface area contributed by atoms with Crippen molar-refractivity contribution in [1.29, 1.82) is 0 Å². The lowest BCUT2D eigenvalue weighted by molar-refractivity contribution is 0.191. The zero-order chi connectivity index (χ0) is 18.6. The summed E-state index contributed by atoms with van der Waals surface area (Å²) in [6.07, 6.45) is 10.8. The van der Waals surface area contributed by atoms with Gasteiger partial charge in [0.05, 0.1) is 14.2 Å². The maximum atomic E-state index is 5.42. The van der Waals surface area contributed by atoms with Crippen LogP contribution in [0.2, 0.25) is 0 Å². The van der Waals surface area contributed by atoms with Gasteiger partial charge in [-0.15, -0.1) is 0 Å². The van der Waals surface area contributed by atoms with Crippen LogP contribution >= 0.6 is 0 Å². The van der Waals surface area contributed by atoms with Gasteiger partial charge in [0, 0.05) is 44.0 Å². The summed E-state index contributed by atoms with van der Waals surface area (Å²) < 4.78 is 13.3. The average molecular weight is 370 g/mol. The number of rotatable bonds is 7. The summed E-state index contributed by atoms with van der Waals surface area (Å²) in [6.45, 7) is 4.28. The van der Waals surface area contributed by atoms with Gasteiger partial charge >= 0.3 is 0 Å². The number of imidazole rings is 1. The zero-order valence-electron chi connectivity index (χ0n) is 16.6. The molecule has 2 aromatic rings. The van der Waals surface area contributed by atoms with E-state index in [0.29, 0.717) is 5.92 Å². The maximum absolute atomic E-state index is 5.42. The van der Waals surface area contributed by atoms with Crippen LogP contribution in [0.4, 0.5) is 0 Å². The van der Waals surface area contributed by atoms with E-state index in [2.05, 4.69) is 27.8 Å². The molecule has 1 saturated heterocycles. The standard InChI is InChI=1S/C22H31N3O2/c1-26-20-11-18(12-21(13-20)27-2)14-24-9-4-7-19(16-24)22-23-8-10-25(22)15-17-5-3-6-17/h8,10-13,17,19H,3-7,9,14-16H2,1-2H3. The largest absolute Gasteiger partial charge is 0.497 e. The van der Waals surface area contributed by atoms with Gasteiger partial charge in [0.1, 0.15) is 17.3 Å². The van der Waals surface area contributed by atoms with E-state index in [1.54, 1.807) is 14.2 Å². The minimum Gasteiger partial charge on any atom is -0.497 e. The molecule has 5 heteroatoms. The quantitative estimate of drug-likeness (QED) is 0.737. The molecule has 1 aromatic heterocycles. The molecule has 5 nitrogen and oxygen atoms in total. The summed E-state index contributed by atoms with van der Waals surface area (Å²) in [6, 6.07) is 6.16. The Labute approximate surface area is 162 Å². The smallest absolute Gasteiger partial charge is 0.122 e. The summed E-state index contributed by atoms with van der Waals surface area (Å²) in [4.78, 5) is 7.29. The Morgan fingerprint density at radius 2 is 1.81 bits per heavy atom. The molecule has 1 atom stereocenters. The first-order valence-corrected chi connectivity index (χ1v) is 10.2. The Morgan fingerprint density at radius 3 is 2.48 bits per heavy atom. The summed E-state index contributed by atoms with van der Waals surface area (Å²) >= 11 is 0. The Hall–Kier alpha value is -2.01. The molecule has 146 valence electrons. The predicted molar refractivity (Wildman–Crippen MR) is 106 cm³/mol. The van der Waals surface area contributed by atoms with E-state index in [-0.39, 0.29) is 0 Å². The van der Waals surface area contributed by atoms with Crippen molar-refractivity contribution in [3.05, 3.63) is 42.0 Å². The van der Waals surface area contributed by atoms with Crippen molar-refractivity contribution in [1.82, 2.24) is 14.5 Å². The van der Waals surface area contributed by atoms with Crippen molar-refractivity contribution < 1.29 is 9.47 Å². The fourth-order valence-corrected chi connectivity index (χ4v) is 4.41. The Morgan fingerprint density at radius 1 is 1.04 bits per heavy atom. The van der Waals surface area contributed by atoms with Gasteiger partial charge in [0.25, 0.3) is 0 Å². The van der Waals surface area contributed by atoms with Gasteiger partial charge < -0.3 is 14.0 Å². The van der Waals surface area contributed by atoms with E-state index in [9.17, 15) is 0 Å². The average Bonchev–Trinajstić information content (AvgIpc) is 3.13. The molecule has 1 aliphatic carbocycles. The first-order chi connectivity index (χ1) is 13.2. The normalized spacial score (nSPS) is 21.0. The second-order valence-electron chi connectivity index (χ2n) is 8.03. The number of ether oxygens (including phenoxy) is 2. The van der Waals surface area contributed by atoms with Crippen molar-refractivity contribution in [2.24, 2.45) is 5.92 Å². The lowest BCUT2D eigenvalue weighted by Gasteiger charge is -2.33. The van der Waals surface area contributed by atoms with Crippen LogP contribution in [0, 0.1) is 5.92 Å². The van der Waals surface area contributed by atoms with E-state index < -0.39 is 0 Å². The molecule has 27 heavy (non-hydrogen) atoms. The summed E-state index contributed by atoms with van der Waals surface area (Å²) in [5.74, 6) is 4.39. The molecule has 1 unspecified atom stereocenters. The van der Waals surface area contributed by atoms with Crippen LogP contribution in [-0.4, -0.2) is 41.8 Å². The Kier molecular flexibility index (Phi) is 5.67. The molecule has 4 rings (SSSR count). The highest BCUT2D eigenvalue weighted by Gasteiger charge is 2.26. The number of benzene rings is 1. The van der Waals surface area contributed by atoms with Crippen molar-refractivity contribution in [3.8, 4) is 11.5 Å². The Bertz CT molecular complexity index is 732. The fourth-order valence-electron chi connectivity index (χ4n) is 4.41. The summed E-state index contributed by atoms with van der Waals surface area (Å²) in [5, 5.41) is 0. The monoisotopic (exact) mass is 369 g/mol. The molecular weight excluding hydrogens is 338 g/mol. The number of aromatic nitrogens is 2. The molecule has 2 fully saturated rings. The molecule has 1 aliphatic heterocycles. The second kappa shape index (κ2) is 8.34. The van der Waals surface area contributed by atoms with Crippen LogP contribution in [0.25, 0.3) is 0 Å². The lowest BCUT2D eigenvalue weighted by Crippen LogP contribution is -2.35. The van der Waals surface area contributed by atoms with Crippen LogP contribution in [-0.2, 0) is 13.1 Å². The lowest BCUT2D eigenvalue weighted by atomic mass is 9.85. The SMILES string of the molecule is COc1cc(CN2CCCC(c3nccn3CC3CCC3)C2)cc(OC)c1. The third-order valence-corrected chi connectivity index (χ3v) is 6.12. The predicted octanol–water partition coefficient (Wildman–Crippen LogP) is 4.08. The van der Waals surface area contributed by atoms with E-state index >= 15 is 0 Å². The molecule has 2 heterocycles. The highest BCUT2D eigenvalue weighted by atomic mass is 16.5. The first kappa shape index (κ1) is 18.4. The maximum Gasteiger partial charge on any atom is 0.122 e. The molecule has 1 saturated carbocycles. The first-order valence-electron chi connectivity index (χ1n) is 10.2. The van der Waals surface area contributed by atoms with Gasteiger partial charge in [-0.1, -0.05) is 6.42 Å². The van der Waals surface area contributed by atoms with Crippen LogP contribution in [0.3, 0.4) is 0 Å². The van der Waals surface area contributed by atoms with Crippen LogP contribution in [0.5, 0.6) is 11.5 Å². The molecule has 0 N–H and O–H groups in total. The molecule has 0 amide bonds. The van der Waals surface area contributed by atoms with Crippen molar-refractivity contribution in [2.75, 3.05) is 27.3 Å². The van der Waals surface area contributed by atoms with Gasteiger partial charge in [-0.25, -0.2) is 4.98 Å². The van der Waals surface area contributed by atoms with E-state index in [1.807, 2.05) is 12.3 Å². The van der Waals surface area contributed by atoms with Gasteiger partial charge in [-0.2, -0.15) is 0 Å². The third-order valence-electron chi connectivity index (χ3n) is 6.12. The molecule has 0 bridgehead atoms. The van der Waals surface area contributed by atoms with Crippen molar-refractivity contribution in [3.63, 3.8) is 0 Å². The molecular formula is C22H31N3O2.